The highest BCUT2D eigenvalue weighted by atomic mass is 19.1. The topological polar surface area (TPSA) is 103 Å². The van der Waals surface area contributed by atoms with E-state index in [2.05, 4.69) is 0 Å². The Morgan fingerprint density at radius 1 is 0.950 bits per heavy atom. The van der Waals surface area contributed by atoms with Crippen LogP contribution in [0.4, 0.5) is 8.78 Å². The molecule has 10 heteroatoms. The maximum atomic E-state index is 16.5. The van der Waals surface area contributed by atoms with Crippen LogP contribution in [0.2, 0.25) is 0 Å². The van der Waals surface area contributed by atoms with Crippen molar-refractivity contribution in [2.24, 2.45) is 0 Å². The van der Waals surface area contributed by atoms with Gasteiger partial charge in [0.15, 0.2) is 18.0 Å². The Morgan fingerprint density at radius 2 is 1.52 bits per heavy atom. The Kier molecular flexibility index (Phi) is 7.66. The summed E-state index contributed by atoms with van der Waals surface area (Å²) in [5, 5.41) is 10.4. The number of nitrogens with zero attached hydrogens (tertiary/aromatic N) is 1. The number of aromatic amines is 1. The van der Waals surface area contributed by atoms with Gasteiger partial charge in [0, 0.05) is 12.3 Å². The van der Waals surface area contributed by atoms with Gasteiger partial charge in [0.05, 0.1) is 13.7 Å². The highest BCUT2D eigenvalue weighted by Gasteiger charge is 2.60. The van der Waals surface area contributed by atoms with Crippen LogP contribution in [0.25, 0.3) is 0 Å². The maximum Gasteiger partial charge on any atom is 0.330 e. The number of aliphatic hydroxyl groups excluding tert-OH is 1. The number of methoxy groups -OCH3 is 1. The van der Waals surface area contributed by atoms with Crippen molar-refractivity contribution < 1.29 is 28.1 Å². The number of hydrogen-bond donors (Lipinski definition) is 2. The highest BCUT2D eigenvalue weighted by Crippen LogP contribution is 2.48. The molecule has 208 valence electrons. The number of hydrogen-bond acceptors (Lipinski definition) is 6. The average molecular weight is 551 g/mol. The normalized spacial score (nSPS) is 22.8. The van der Waals surface area contributed by atoms with Crippen LogP contribution in [-0.4, -0.2) is 52.9 Å². The first-order chi connectivity index (χ1) is 19.4. The molecule has 0 unspecified atom stereocenters. The molecule has 2 N–H and O–H groups in total. The highest BCUT2D eigenvalue weighted by molar-refractivity contribution is 5.49. The minimum absolute atomic E-state index is 0.577. The molecule has 1 aliphatic rings. The Morgan fingerprint density at radius 3 is 2.02 bits per heavy atom. The van der Waals surface area contributed by atoms with Crippen LogP contribution in [-0.2, 0) is 15.1 Å². The number of ether oxygens (including phenoxy) is 3. The molecule has 3 aromatic carbocycles. The number of benzene rings is 3. The van der Waals surface area contributed by atoms with E-state index in [0.717, 1.165) is 16.8 Å². The summed E-state index contributed by atoms with van der Waals surface area (Å²) in [7, 11) is 1.53. The zero-order valence-corrected chi connectivity index (χ0v) is 21.6. The van der Waals surface area contributed by atoms with Crippen LogP contribution in [0.3, 0.4) is 0 Å². The molecule has 0 saturated carbocycles. The van der Waals surface area contributed by atoms with E-state index >= 15 is 4.39 Å². The van der Waals surface area contributed by atoms with E-state index in [1.165, 1.54) is 7.11 Å². The van der Waals surface area contributed by atoms with Gasteiger partial charge in [0.1, 0.15) is 24.1 Å². The van der Waals surface area contributed by atoms with Crippen LogP contribution in [0.1, 0.15) is 22.9 Å². The van der Waals surface area contributed by atoms with E-state index in [9.17, 15) is 19.1 Å². The summed E-state index contributed by atoms with van der Waals surface area (Å²) < 4.78 is 49.9. The molecule has 0 radical (unpaired) electrons. The Bertz CT molecular complexity index is 1500. The van der Waals surface area contributed by atoms with Gasteiger partial charge in [-0.15, -0.1) is 0 Å². The number of aliphatic hydroxyl groups is 1. The summed E-state index contributed by atoms with van der Waals surface area (Å²) in [6, 6.07) is 26.1. The summed E-state index contributed by atoms with van der Waals surface area (Å²) in [6.45, 7) is -2.25. The van der Waals surface area contributed by atoms with E-state index in [1.54, 1.807) is 72.8 Å². The second kappa shape index (κ2) is 11.2. The zero-order chi connectivity index (χ0) is 28.3. The lowest BCUT2D eigenvalue weighted by atomic mass is 9.79. The van der Waals surface area contributed by atoms with Gasteiger partial charge in [0.2, 0.25) is 0 Å². The summed E-state index contributed by atoms with van der Waals surface area (Å²) in [6.07, 6.45) is -4.45. The molecule has 4 aromatic rings. The lowest BCUT2D eigenvalue weighted by molar-refractivity contribution is -0.172. The second-order valence-corrected chi connectivity index (χ2v) is 9.51. The first kappa shape index (κ1) is 27.4. The molecule has 40 heavy (non-hydrogen) atoms. The van der Waals surface area contributed by atoms with Gasteiger partial charge < -0.3 is 19.3 Å². The van der Waals surface area contributed by atoms with Crippen LogP contribution >= 0.6 is 0 Å². The van der Waals surface area contributed by atoms with Gasteiger partial charge in [-0.3, -0.25) is 14.3 Å². The van der Waals surface area contributed by atoms with Gasteiger partial charge >= 0.3 is 5.69 Å². The van der Waals surface area contributed by atoms with Crippen LogP contribution in [0.15, 0.2) is 107 Å². The molecule has 2 heterocycles. The smallest absolute Gasteiger partial charge is 0.330 e. The lowest BCUT2D eigenvalue weighted by Gasteiger charge is -2.41. The minimum atomic E-state index is -2.17. The average Bonchev–Trinajstić information content (AvgIpc) is 3.27. The van der Waals surface area contributed by atoms with Crippen molar-refractivity contribution >= 4 is 0 Å². The monoisotopic (exact) mass is 550 g/mol. The summed E-state index contributed by atoms with van der Waals surface area (Å²) >= 11 is 0. The van der Waals surface area contributed by atoms with Gasteiger partial charge in [0.25, 0.3) is 5.56 Å². The third kappa shape index (κ3) is 4.64. The molecule has 0 bridgehead atoms. The molecule has 5 rings (SSSR count). The van der Waals surface area contributed by atoms with Crippen LogP contribution < -0.4 is 16.0 Å². The zero-order valence-electron chi connectivity index (χ0n) is 21.6. The largest absolute Gasteiger partial charge is 0.497 e. The molecular weight excluding hydrogens is 522 g/mol. The fraction of sp³-hybridized carbons (Fsp3) is 0.267. The van der Waals surface area contributed by atoms with Crippen LogP contribution in [0, 0.1) is 0 Å². The quantitative estimate of drug-likeness (QED) is 0.310. The lowest BCUT2D eigenvalue weighted by Crippen LogP contribution is -2.53. The van der Waals surface area contributed by atoms with Crippen molar-refractivity contribution in [1.82, 2.24) is 9.55 Å². The summed E-state index contributed by atoms with van der Waals surface area (Å²) in [5.74, 6) is 0.581. The number of rotatable bonds is 9. The molecule has 1 saturated heterocycles. The third-order valence-electron chi connectivity index (χ3n) is 7.22. The first-order valence-electron chi connectivity index (χ1n) is 12.6. The number of aromatic nitrogens is 2. The van der Waals surface area contributed by atoms with Crippen molar-refractivity contribution in [3.8, 4) is 5.75 Å². The number of H-pyrrole nitrogens is 1. The van der Waals surface area contributed by atoms with Gasteiger partial charge in [-0.2, -0.15) is 0 Å². The molecule has 1 aromatic heterocycles. The van der Waals surface area contributed by atoms with E-state index < -0.39 is 54.2 Å². The van der Waals surface area contributed by atoms with Crippen LogP contribution in [0.5, 0.6) is 5.75 Å². The summed E-state index contributed by atoms with van der Waals surface area (Å²) in [4.78, 5) is 26.2. The van der Waals surface area contributed by atoms with Crippen molar-refractivity contribution in [3.63, 3.8) is 0 Å². The van der Waals surface area contributed by atoms with E-state index in [4.69, 9.17) is 14.2 Å². The van der Waals surface area contributed by atoms with Crippen molar-refractivity contribution in [3.05, 3.63) is 135 Å². The van der Waals surface area contributed by atoms with Gasteiger partial charge in [-0.25, -0.2) is 13.6 Å². The Hall–Kier alpha value is -4.12. The minimum Gasteiger partial charge on any atom is -0.497 e. The number of nitrogens with one attached hydrogen (secondary N) is 1. The van der Waals surface area contributed by atoms with E-state index in [-0.39, 0.29) is 0 Å². The predicted molar refractivity (Wildman–Crippen MR) is 143 cm³/mol. The Labute approximate surface area is 228 Å². The molecule has 8 nitrogen and oxygen atoms in total. The van der Waals surface area contributed by atoms with Gasteiger partial charge in [-0.05, 0) is 28.8 Å². The summed E-state index contributed by atoms with van der Waals surface area (Å²) in [5.41, 5.74) is -3.52. The molecule has 0 amide bonds. The fourth-order valence-corrected chi connectivity index (χ4v) is 5.17. The second-order valence-electron chi connectivity index (χ2n) is 9.51. The third-order valence-corrected chi connectivity index (χ3v) is 7.22. The van der Waals surface area contributed by atoms with E-state index in [0.29, 0.717) is 22.4 Å². The molecule has 1 fully saturated rings. The Balaban J connectivity index is 1.73. The van der Waals surface area contributed by atoms with Crippen molar-refractivity contribution in [1.29, 1.82) is 0 Å². The molecule has 0 spiro atoms. The SMILES string of the molecule is COc1ccc(C(O[C@H]2[C@@H](F)[C@H](n3ccc(=O)[nH]c3=O)O[C@@]2(CO)CF)(c2ccccc2)c2ccccc2)cc1. The molecule has 0 aliphatic carbocycles. The van der Waals surface area contributed by atoms with Crippen molar-refractivity contribution in [2.45, 2.75) is 29.7 Å². The molecule has 4 atom stereocenters. The first-order valence-corrected chi connectivity index (χ1v) is 12.6. The number of halogens is 2. The molecular formula is C30H28F2N2O6. The van der Waals surface area contributed by atoms with E-state index in [1.807, 2.05) is 17.1 Å². The number of alkyl halides is 2. The maximum absolute atomic E-state index is 16.5. The van der Waals surface area contributed by atoms with Crippen molar-refractivity contribution in [2.75, 3.05) is 20.4 Å². The fourth-order valence-electron chi connectivity index (χ4n) is 5.17. The predicted octanol–water partition coefficient (Wildman–Crippen LogP) is 3.49. The van der Waals surface area contributed by atoms with Gasteiger partial charge in [-0.1, -0.05) is 72.8 Å². The molecule has 1 aliphatic heterocycles. The standard InChI is InChI=1S/C30H28F2N2O6/c1-38-23-14-12-22(13-15-23)30(20-8-4-2-5-9-20,21-10-6-3-7-11-21)39-26-25(32)27(40-29(26,18-31)19-35)34-17-16-24(36)33-28(34)37/h2-17,25-27,35H,18-19H2,1H3,(H,33,36,37)/t25-,26+,27-,29-/m1/s1.